The van der Waals surface area contributed by atoms with Gasteiger partial charge in [0.05, 0.1) is 0 Å². The quantitative estimate of drug-likeness (QED) is 0.863. The van der Waals surface area contributed by atoms with Crippen molar-refractivity contribution in [2.75, 3.05) is 5.32 Å². The van der Waals surface area contributed by atoms with Crippen LogP contribution in [0.1, 0.15) is 12.0 Å². The van der Waals surface area contributed by atoms with Crippen molar-refractivity contribution in [3.05, 3.63) is 29.6 Å². The van der Waals surface area contributed by atoms with Crippen LogP contribution in [0.5, 0.6) is 0 Å². The number of anilines is 1. The second-order valence-electron chi connectivity index (χ2n) is 4.09. The van der Waals surface area contributed by atoms with E-state index in [1.54, 1.807) is 6.92 Å². The third-order valence-corrected chi connectivity index (χ3v) is 2.63. The molecule has 1 aromatic carbocycles. The van der Waals surface area contributed by atoms with Crippen LogP contribution in [-0.4, -0.2) is 28.8 Å². The topological polar surface area (TPSA) is 88.0 Å². The minimum atomic E-state index is -1.21. The molecule has 1 aromatic rings. The molecule has 1 amide bonds. The normalized spacial score (nSPS) is 17.6. The number of benzene rings is 1. The molecule has 1 heterocycles. The van der Waals surface area contributed by atoms with Gasteiger partial charge in [-0.05, 0) is 30.7 Å². The Labute approximate surface area is 107 Å². The van der Waals surface area contributed by atoms with Gasteiger partial charge in [-0.25, -0.2) is 9.18 Å². The fourth-order valence-corrected chi connectivity index (χ4v) is 1.59. The first-order valence-corrected chi connectivity index (χ1v) is 5.50. The highest BCUT2D eigenvalue weighted by Crippen LogP contribution is 2.17. The van der Waals surface area contributed by atoms with Gasteiger partial charge < -0.3 is 15.3 Å². The number of carbonyl (C=O) groups is 2. The van der Waals surface area contributed by atoms with E-state index in [0.717, 1.165) is 0 Å². The maximum atomic E-state index is 13.1. The van der Waals surface area contributed by atoms with Crippen LogP contribution < -0.4 is 5.32 Å². The molecule has 2 N–H and O–H groups in total. The summed E-state index contributed by atoms with van der Waals surface area (Å²) >= 11 is 0. The van der Waals surface area contributed by atoms with E-state index in [0.29, 0.717) is 11.3 Å². The second kappa shape index (κ2) is 5.05. The number of aryl methyl sites for hydroxylation is 1. The molecule has 0 saturated carbocycles. The Morgan fingerprint density at radius 1 is 1.53 bits per heavy atom. The smallest absolute Gasteiger partial charge is 0.353 e. The molecule has 1 aliphatic heterocycles. The van der Waals surface area contributed by atoms with Gasteiger partial charge in [0, 0.05) is 12.1 Å². The number of carbonyl (C=O) groups excluding carboxylic acids is 1. The van der Waals surface area contributed by atoms with E-state index in [2.05, 4.69) is 10.5 Å². The third kappa shape index (κ3) is 2.87. The molecule has 1 atom stereocenters. The van der Waals surface area contributed by atoms with Crippen LogP contribution in [0.2, 0.25) is 0 Å². The molecule has 0 fully saturated rings. The maximum Gasteiger partial charge on any atom is 0.353 e. The van der Waals surface area contributed by atoms with Crippen molar-refractivity contribution in [2.24, 2.45) is 5.16 Å². The van der Waals surface area contributed by atoms with Gasteiger partial charge in [-0.1, -0.05) is 5.16 Å². The molecule has 6 nitrogen and oxygen atoms in total. The number of rotatable bonds is 3. The van der Waals surface area contributed by atoms with Crippen LogP contribution in [0, 0.1) is 12.7 Å². The van der Waals surface area contributed by atoms with E-state index in [4.69, 9.17) is 9.94 Å². The molecule has 19 heavy (non-hydrogen) atoms. The molecule has 2 rings (SSSR count). The van der Waals surface area contributed by atoms with Gasteiger partial charge in [-0.2, -0.15) is 0 Å². The number of aliphatic carboxylic acids is 1. The lowest BCUT2D eigenvalue weighted by Gasteiger charge is -2.10. The zero-order valence-corrected chi connectivity index (χ0v) is 10.0. The van der Waals surface area contributed by atoms with E-state index in [9.17, 15) is 14.0 Å². The Kier molecular flexibility index (Phi) is 3.46. The number of carboxylic acids is 1. The summed E-state index contributed by atoms with van der Waals surface area (Å²) in [5, 5.41) is 14.5. The Morgan fingerprint density at radius 3 is 2.84 bits per heavy atom. The number of amides is 1. The van der Waals surface area contributed by atoms with Crippen LogP contribution in [0.3, 0.4) is 0 Å². The zero-order valence-electron chi connectivity index (χ0n) is 10.0. The average molecular weight is 266 g/mol. The summed E-state index contributed by atoms with van der Waals surface area (Å²) in [7, 11) is 0. The fraction of sp³-hybridized carbons (Fsp3) is 0.250. The number of carboxylic acid groups (broad SMARTS) is 1. The molecule has 0 radical (unpaired) electrons. The Hall–Kier alpha value is -2.44. The van der Waals surface area contributed by atoms with Gasteiger partial charge in [0.2, 0.25) is 6.10 Å². The monoisotopic (exact) mass is 266 g/mol. The van der Waals surface area contributed by atoms with Gasteiger partial charge in [-0.3, -0.25) is 4.79 Å². The van der Waals surface area contributed by atoms with Crippen molar-refractivity contribution in [3.63, 3.8) is 0 Å². The second-order valence-corrected chi connectivity index (χ2v) is 4.09. The summed E-state index contributed by atoms with van der Waals surface area (Å²) in [5.41, 5.74) is 0.610. The fourth-order valence-electron chi connectivity index (χ4n) is 1.59. The molecule has 0 bridgehead atoms. The highest BCUT2D eigenvalue weighted by atomic mass is 19.1. The maximum absolute atomic E-state index is 13.1. The summed E-state index contributed by atoms with van der Waals surface area (Å²) in [6.07, 6.45) is -1.07. The molecule has 7 heteroatoms. The first kappa shape index (κ1) is 13.0. The van der Waals surface area contributed by atoms with E-state index >= 15 is 0 Å². The number of hydrogen-bond donors (Lipinski definition) is 2. The predicted octanol–water partition coefficient (Wildman–Crippen LogP) is 1.30. The number of oxime groups is 1. The Bertz CT molecular complexity index is 571. The van der Waals surface area contributed by atoms with Gasteiger partial charge in [-0.15, -0.1) is 0 Å². The average Bonchev–Trinajstić information content (AvgIpc) is 2.83. The molecule has 1 unspecified atom stereocenters. The SMILES string of the molecule is Cc1cc(NC(=O)C2CC(C(=O)O)=NO2)ccc1F. The number of halogens is 1. The van der Waals surface area contributed by atoms with Crippen LogP contribution >= 0.6 is 0 Å². The summed E-state index contributed by atoms with van der Waals surface area (Å²) in [6, 6.07) is 4.12. The van der Waals surface area contributed by atoms with Crippen molar-refractivity contribution in [3.8, 4) is 0 Å². The standard InChI is InChI=1S/C12H11FN2O4/c1-6-4-7(2-3-8(6)13)14-11(16)10-5-9(12(17)18)15-19-10/h2-4,10H,5H2,1H3,(H,14,16)(H,17,18). The van der Waals surface area contributed by atoms with Crippen molar-refractivity contribution in [1.29, 1.82) is 0 Å². The van der Waals surface area contributed by atoms with E-state index in [1.807, 2.05) is 0 Å². The summed E-state index contributed by atoms with van der Waals surface area (Å²) in [4.78, 5) is 27.1. The van der Waals surface area contributed by atoms with Crippen LogP contribution in [0.4, 0.5) is 10.1 Å². The Morgan fingerprint density at radius 2 is 2.26 bits per heavy atom. The largest absolute Gasteiger partial charge is 0.477 e. The van der Waals surface area contributed by atoms with Crippen molar-refractivity contribution in [1.82, 2.24) is 0 Å². The van der Waals surface area contributed by atoms with Crippen LogP contribution in [-0.2, 0) is 14.4 Å². The van der Waals surface area contributed by atoms with E-state index < -0.39 is 18.0 Å². The van der Waals surface area contributed by atoms with E-state index in [1.165, 1.54) is 18.2 Å². The van der Waals surface area contributed by atoms with Crippen molar-refractivity contribution < 1.29 is 23.9 Å². The Balaban J connectivity index is 1.99. The number of nitrogens with zero attached hydrogens (tertiary/aromatic N) is 1. The van der Waals surface area contributed by atoms with Gasteiger partial charge in [0.15, 0.2) is 5.71 Å². The van der Waals surface area contributed by atoms with Crippen molar-refractivity contribution in [2.45, 2.75) is 19.4 Å². The lowest BCUT2D eigenvalue weighted by Crippen LogP contribution is -2.28. The lowest BCUT2D eigenvalue weighted by atomic mass is 10.1. The third-order valence-electron chi connectivity index (χ3n) is 2.63. The van der Waals surface area contributed by atoms with Crippen molar-refractivity contribution >= 4 is 23.3 Å². The van der Waals surface area contributed by atoms with Crippen LogP contribution in [0.25, 0.3) is 0 Å². The predicted molar refractivity (Wildman–Crippen MR) is 64.3 cm³/mol. The molecular weight excluding hydrogens is 255 g/mol. The molecule has 100 valence electrons. The lowest BCUT2D eigenvalue weighted by molar-refractivity contribution is -0.129. The summed E-state index contributed by atoms with van der Waals surface area (Å²) < 4.78 is 13.1. The number of hydrogen-bond acceptors (Lipinski definition) is 4. The summed E-state index contributed by atoms with van der Waals surface area (Å²) in [6.45, 7) is 1.57. The van der Waals surface area contributed by atoms with Gasteiger partial charge in [0.25, 0.3) is 5.91 Å². The molecule has 0 saturated heterocycles. The zero-order chi connectivity index (χ0) is 14.0. The molecule has 0 aromatic heterocycles. The number of nitrogens with one attached hydrogen (secondary N) is 1. The minimum Gasteiger partial charge on any atom is -0.477 e. The first-order chi connectivity index (χ1) is 8.97. The highest BCUT2D eigenvalue weighted by molar-refractivity contribution is 6.36. The highest BCUT2D eigenvalue weighted by Gasteiger charge is 2.31. The van der Waals surface area contributed by atoms with E-state index in [-0.39, 0.29) is 17.9 Å². The first-order valence-electron chi connectivity index (χ1n) is 5.50. The minimum absolute atomic E-state index is 0.0959. The molecule has 0 aliphatic carbocycles. The molecular formula is C12H11FN2O4. The van der Waals surface area contributed by atoms with Gasteiger partial charge >= 0.3 is 5.97 Å². The molecule has 1 aliphatic rings. The van der Waals surface area contributed by atoms with Crippen LogP contribution in [0.15, 0.2) is 23.4 Å². The van der Waals surface area contributed by atoms with Gasteiger partial charge in [0.1, 0.15) is 5.82 Å². The summed E-state index contributed by atoms with van der Waals surface area (Å²) in [5.74, 6) is -2.11. The molecule has 0 spiro atoms.